The number of benzene rings is 2. The van der Waals surface area contributed by atoms with E-state index in [0.717, 1.165) is 11.1 Å². The Kier molecular flexibility index (Phi) is 4.48. The Morgan fingerprint density at radius 3 is 2.52 bits per heavy atom. The highest BCUT2D eigenvalue weighted by atomic mass is 32.1. The van der Waals surface area contributed by atoms with Gasteiger partial charge >= 0.3 is 0 Å². The summed E-state index contributed by atoms with van der Waals surface area (Å²) < 4.78 is 13.0. The van der Waals surface area contributed by atoms with Gasteiger partial charge in [-0.3, -0.25) is 4.79 Å². The van der Waals surface area contributed by atoms with E-state index in [9.17, 15) is 9.18 Å². The van der Waals surface area contributed by atoms with Crippen LogP contribution in [0.4, 0.5) is 4.39 Å². The van der Waals surface area contributed by atoms with Gasteiger partial charge in [-0.25, -0.2) is 9.37 Å². The number of nitrogens with one attached hydrogen (secondary N) is 1. The van der Waals surface area contributed by atoms with Gasteiger partial charge in [-0.2, -0.15) is 0 Å². The molecule has 1 atom stereocenters. The minimum atomic E-state index is -0.292. The van der Waals surface area contributed by atoms with Crippen LogP contribution in [0.1, 0.15) is 29.0 Å². The zero-order chi connectivity index (χ0) is 16.2. The summed E-state index contributed by atoms with van der Waals surface area (Å²) in [7, 11) is 0. The maximum Gasteiger partial charge on any atom is 0.271 e. The Balaban J connectivity index is 1.72. The van der Waals surface area contributed by atoms with Crippen molar-refractivity contribution in [3.8, 4) is 10.6 Å². The summed E-state index contributed by atoms with van der Waals surface area (Å²) >= 11 is 1.37. The van der Waals surface area contributed by atoms with Gasteiger partial charge in [0.25, 0.3) is 5.91 Å². The average molecular weight is 326 g/mol. The van der Waals surface area contributed by atoms with E-state index in [4.69, 9.17) is 0 Å². The maximum absolute atomic E-state index is 13.0. The van der Waals surface area contributed by atoms with E-state index in [2.05, 4.69) is 10.3 Å². The summed E-state index contributed by atoms with van der Waals surface area (Å²) in [6, 6.07) is 15.7. The molecule has 3 rings (SSSR count). The summed E-state index contributed by atoms with van der Waals surface area (Å²) in [5.41, 5.74) is 2.21. The van der Waals surface area contributed by atoms with E-state index in [0.29, 0.717) is 10.7 Å². The lowest BCUT2D eigenvalue weighted by molar-refractivity contribution is 0.0935. The Morgan fingerprint density at radius 2 is 1.83 bits per heavy atom. The van der Waals surface area contributed by atoms with Gasteiger partial charge in [-0.05, 0) is 36.8 Å². The smallest absolute Gasteiger partial charge is 0.271 e. The molecule has 1 aromatic heterocycles. The van der Waals surface area contributed by atoms with Crippen LogP contribution in [0.25, 0.3) is 10.6 Å². The standard InChI is InChI=1S/C18H15FN2OS/c1-12(13-5-3-2-4-6-13)20-17(22)16-11-23-18(21-16)14-7-9-15(19)10-8-14/h2-12H,1H3,(H,20,22)/t12-/m1/s1. The second-order valence-electron chi connectivity index (χ2n) is 5.15. The molecule has 0 saturated heterocycles. The number of hydrogen-bond donors (Lipinski definition) is 1. The molecule has 5 heteroatoms. The molecule has 0 spiro atoms. The van der Waals surface area contributed by atoms with E-state index >= 15 is 0 Å². The zero-order valence-corrected chi connectivity index (χ0v) is 13.3. The van der Waals surface area contributed by atoms with Crippen molar-refractivity contribution in [2.45, 2.75) is 13.0 Å². The number of hydrogen-bond acceptors (Lipinski definition) is 3. The fourth-order valence-electron chi connectivity index (χ4n) is 2.20. The van der Waals surface area contributed by atoms with Crippen molar-refractivity contribution in [2.24, 2.45) is 0 Å². The van der Waals surface area contributed by atoms with Crippen molar-refractivity contribution in [3.05, 3.63) is 77.1 Å². The third-order valence-corrected chi connectivity index (χ3v) is 4.37. The van der Waals surface area contributed by atoms with Crippen molar-refractivity contribution in [1.29, 1.82) is 0 Å². The van der Waals surface area contributed by atoms with Crippen molar-refractivity contribution < 1.29 is 9.18 Å². The van der Waals surface area contributed by atoms with Crippen LogP contribution in [-0.4, -0.2) is 10.9 Å². The lowest BCUT2D eigenvalue weighted by Gasteiger charge is -2.13. The molecule has 0 unspecified atom stereocenters. The monoisotopic (exact) mass is 326 g/mol. The minimum Gasteiger partial charge on any atom is -0.344 e. The topological polar surface area (TPSA) is 42.0 Å². The summed E-state index contributed by atoms with van der Waals surface area (Å²) in [6.07, 6.45) is 0. The molecule has 3 aromatic rings. The van der Waals surface area contributed by atoms with Gasteiger partial charge < -0.3 is 5.32 Å². The number of rotatable bonds is 4. The SMILES string of the molecule is C[C@@H](NC(=O)c1csc(-c2ccc(F)cc2)n1)c1ccccc1. The van der Waals surface area contributed by atoms with E-state index < -0.39 is 0 Å². The normalized spacial score (nSPS) is 11.9. The molecular formula is C18H15FN2OS. The van der Waals surface area contributed by atoms with Gasteiger partial charge in [0, 0.05) is 10.9 Å². The molecule has 2 aromatic carbocycles. The van der Waals surface area contributed by atoms with Gasteiger partial charge in [-0.15, -0.1) is 11.3 Å². The number of halogens is 1. The minimum absolute atomic E-state index is 0.0975. The van der Waals surface area contributed by atoms with Crippen LogP contribution < -0.4 is 5.32 Å². The Labute approximate surface area is 137 Å². The molecular weight excluding hydrogens is 311 g/mol. The molecule has 1 amide bonds. The summed E-state index contributed by atoms with van der Waals surface area (Å²) in [4.78, 5) is 16.6. The van der Waals surface area contributed by atoms with Gasteiger partial charge in [-0.1, -0.05) is 30.3 Å². The molecule has 0 aliphatic rings. The second-order valence-corrected chi connectivity index (χ2v) is 6.01. The van der Waals surface area contributed by atoms with E-state index in [1.807, 2.05) is 37.3 Å². The van der Waals surface area contributed by atoms with Crippen molar-refractivity contribution >= 4 is 17.2 Å². The first-order chi connectivity index (χ1) is 11.1. The van der Waals surface area contributed by atoms with Gasteiger partial charge in [0.2, 0.25) is 0 Å². The van der Waals surface area contributed by atoms with Crippen LogP contribution in [0.2, 0.25) is 0 Å². The lowest BCUT2D eigenvalue weighted by Crippen LogP contribution is -2.26. The zero-order valence-electron chi connectivity index (χ0n) is 12.5. The van der Waals surface area contributed by atoms with Crippen molar-refractivity contribution in [2.75, 3.05) is 0 Å². The van der Waals surface area contributed by atoms with Crippen molar-refractivity contribution in [3.63, 3.8) is 0 Å². The number of nitrogens with zero attached hydrogens (tertiary/aromatic N) is 1. The highest BCUT2D eigenvalue weighted by Crippen LogP contribution is 2.24. The predicted octanol–water partition coefficient (Wildman–Crippen LogP) is 4.44. The quantitative estimate of drug-likeness (QED) is 0.770. The molecule has 0 aliphatic carbocycles. The van der Waals surface area contributed by atoms with Crippen LogP contribution in [0.3, 0.4) is 0 Å². The van der Waals surface area contributed by atoms with E-state index in [-0.39, 0.29) is 17.8 Å². The Hall–Kier alpha value is -2.53. The van der Waals surface area contributed by atoms with Crippen LogP contribution in [0, 0.1) is 5.82 Å². The average Bonchev–Trinajstić information content (AvgIpc) is 3.06. The second kappa shape index (κ2) is 6.71. The lowest BCUT2D eigenvalue weighted by atomic mass is 10.1. The van der Waals surface area contributed by atoms with Crippen LogP contribution in [0.15, 0.2) is 60.0 Å². The summed E-state index contributed by atoms with van der Waals surface area (Å²) in [5, 5.41) is 5.34. The molecule has 0 bridgehead atoms. The molecule has 3 nitrogen and oxygen atoms in total. The maximum atomic E-state index is 13.0. The first kappa shape index (κ1) is 15.4. The fraction of sp³-hybridized carbons (Fsp3) is 0.111. The number of carbonyl (C=O) groups excluding carboxylic acids is 1. The van der Waals surface area contributed by atoms with Gasteiger partial charge in [0.15, 0.2) is 0 Å². The first-order valence-corrected chi connectivity index (χ1v) is 8.09. The predicted molar refractivity (Wildman–Crippen MR) is 89.8 cm³/mol. The summed E-state index contributed by atoms with van der Waals surface area (Å²) in [6.45, 7) is 1.93. The number of aromatic nitrogens is 1. The van der Waals surface area contributed by atoms with Gasteiger partial charge in [0.05, 0.1) is 6.04 Å². The van der Waals surface area contributed by atoms with Crippen LogP contribution in [-0.2, 0) is 0 Å². The molecule has 0 aliphatic heterocycles. The number of carbonyl (C=O) groups is 1. The molecule has 116 valence electrons. The number of thiazole rings is 1. The molecule has 0 saturated carbocycles. The molecule has 1 N–H and O–H groups in total. The number of amides is 1. The molecule has 1 heterocycles. The first-order valence-electron chi connectivity index (χ1n) is 7.21. The van der Waals surface area contributed by atoms with Crippen molar-refractivity contribution in [1.82, 2.24) is 10.3 Å². The van der Waals surface area contributed by atoms with E-state index in [1.54, 1.807) is 17.5 Å². The third kappa shape index (κ3) is 3.63. The van der Waals surface area contributed by atoms with Crippen LogP contribution in [0.5, 0.6) is 0 Å². The van der Waals surface area contributed by atoms with Gasteiger partial charge in [0.1, 0.15) is 16.5 Å². The largest absolute Gasteiger partial charge is 0.344 e. The summed E-state index contributed by atoms with van der Waals surface area (Å²) in [5.74, 6) is -0.508. The highest BCUT2D eigenvalue weighted by Gasteiger charge is 2.15. The fourth-order valence-corrected chi connectivity index (χ4v) is 3.00. The molecule has 23 heavy (non-hydrogen) atoms. The Morgan fingerprint density at radius 1 is 1.13 bits per heavy atom. The third-order valence-electron chi connectivity index (χ3n) is 3.48. The Bertz CT molecular complexity index is 799. The van der Waals surface area contributed by atoms with E-state index in [1.165, 1.54) is 23.5 Å². The highest BCUT2D eigenvalue weighted by molar-refractivity contribution is 7.13. The van der Waals surface area contributed by atoms with Crippen LogP contribution >= 0.6 is 11.3 Å². The molecule has 0 radical (unpaired) electrons. The molecule has 0 fully saturated rings.